The molecule has 0 aromatic rings. The molecule has 0 aliphatic heterocycles. The average Bonchev–Trinajstić information content (AvgIpc) is 3.12. The summed E-state index contributed by atoms with van der Waals surface area (Å²) in [4.78, 5) is 35.3. The van der Waals surface area contributed by atoms with Crippen molar-refractivity contribution in [1.29, 1.82) is 0 Å². The van der Waals surface area contributed by atoms with Crippen LogP contribution in [0.3, 0.4) is 0 Å². The molecule has 0 amide bonds. The molecule has 0 heterocycles. The first-order chi connectivity index (χ1) is 26.0. The van der Waals surface area contributed by atoms with Crippen molar-refractivity contribution in [2.24, 2.45) is 0 Å². The number of rotatable bonds is 37. The number of hydrogen-bond donors (Lipinski definition) is 1. The first-order valence-corrected chi connectivity index (χ1v) is 22.5. The minimum atomic E-state index is -4.39. The summed E-state index contributed by atoms with van der Waals surface area (Å²) in [5, 5.41) is 0. The predicted octanol–water partition coefficient (Wildman–Crippen LogP) is 11.7. The van der Waals surface area contributed by atoms with Crippen LogP contribution >= 0.6 is 7.82 Å². The molecule has 10 heteroatoms. The molecule has 0 saturated carbocycles. The van der Waals surface area contributed by atoms with E-state index in [1.807, 2.05) is 21.1 Å². The van der Waals surface area contributed by atoms with Gasteiger partial charge in [0.2, 0.25) is 0 Å². The Labute approximate surface area is 330 Å². The van der Waals surface area contributed by atoms with Gasteiger partial charge in [0.15, 0.2) is 6.10 Å². The summed E-state index contributed by atoms with van der Waals surface area (Å²) in [6, 6.07) is 0. The van der Waals surface area contributed by atoms with Crippen molar-refractivity contribution in [1.82, 2.24) is 0 Å². The van der Waals surface area contributed by atoms with Gasteiger partial charge in [0, 0.05) is 12.8 Å². The summed E-state index contributed by atoms with van der Waals surface area (Å²) < 4.78 is 34.2. The molecule has 0 aliphatic carbocycles. The fraction of sp³-hybridized carbons (Fsp3) is 0.727. The third-order valence-electron chi connectivity index (χ3n) is 8.53. The van der Waals surface area contributed by atoms with Gasteiger partial charge >= 0.3 is 19.8 Å². The Bertz CT molecular complexity index is 1110. The standard InChI is InChI=1S/C44H78NO8P/c1-6-8-10-12-14-16-18-20-22-24-26-28-30-32-34-36-43(46)50-40-42(41-52-54(48,49)51-39-38-45(3,4)5)53-44(47)37-35-33-31-29-27-25-23-21-19-17-15-13-11-9-7-2/h8,10,14,16,20-23,26,28,42H,6-7,9,11-13,15,17-19,24-25,27,29-41H2,1-5H3/p+1/b10-8-,16-14-,22-20-,23-21-,28-26-/t42-/m1/s1. The van der Waals surface area contributed by atoms with E-state index in [2.05, 4.69) is 74.6 Å². The van der Waals surface area contributed by atoms with Gasteiger partial charge in [-0.3, -0.25) is 18.6 Å². The van der Waals surface area contributed by atoms with Crippen LogP contribution in [0.4, 0.5) is 0 Å². The molecular weight excluding hydrogens is 701 g/mol. The summed E-state index contributed by atoms with van der Waals surface area (Å²) in [5.74, 6) is -0.862. The highest BCUT2D eigenvalue weighted by Crippen LogP contribution is 2.43. The maximum Gasteiger partial charge on any atom is 0.472 e. The second-order valence-electron chi connectivity index (χ2n) is 15.0. The molecule has 0 bridgehead atoms. The molecule has 9 nitrogen and oxygen atoms in total. The second-order valence-corrected chi connectivity index (χ2v) is 16.4. The number of ether oxygens (including phenoxy) is 2. The van der Waals surface area contributed by atoms with Crippen LogP contribution in [0.5, 0.6) is 0 Å². The third-order valence-corrected chi connectivity index (χ3v) is 9.52. The van der Waals surface area contributed by atoms with Gasteiger partial charge in [-0.1, -0.05) is 126 Å². The molecule has 0 saturated heterocycles. The quantitative estimate of drug-likeness (QED) is 0.0218. The highest BCUT2D eigenvalue weighted by Gasteiger charge is 2.27. The van der Waals surface area contributed by atoms with Gasteiger partial charge < -0.3 is 18.9 Å². The first-order valence-electron chi connectivity index (χ1n) is 21.0. The van der Waals surface area contributed by atoms with E-state index in [1.165, 1.54) is 44.9 Å². The molecule has 0 aliphatic rings. The summed E-state index contributed by atoms with van der Waals surface area (Å²) in [6.45, 7) is 4.22. The maximum atomic E-state index is 12.7. The molecule has 2 atom stereocenters. The number of phosphoric ester groups is 1. The lowest BCUT2D eigenvalue weighted by Crippen LogP contribution is -2.37. The SMILES string of the molecule is CC/C=C\C/C=C\C/C=C\C/C=C\CCCCC(=O)OC[C@H](COP(=O)(O)OCC[N+](C)(C)C)OC(=O)CCCCCCC/C=C\CCCCCCCC. The number of unbranched alkanes of at least 4 members (excludes halogenated alkanes) is 13. The van der Waals surface area contributed by atoms with Gasteiger partial charge in [0.25, 0.3) is 0 Å². The number of phosphoric acid groups is 1. The molecule has 54 heavy (non-hydrogen) atoms. The molecule has 312 valence electrons. The number of quaternary nitrogens is 1. The fourth-order valence-corrected chi connectivity index (χ4v) is 5.97. The number of hydrogen-bond acceptors (Lipinski definition) is 7. The lowest BCUT2D eigenvalue weighted by atomic mass is 10.1. The Morgan fingerprint density at radius 1 is 0.593 bits per heavy atom. The summed E-state index contributed by atoms with van der Waals surface area (Å²) in [6.07, 6.45) is 42.7. The predicted molar refractivity (Wildman–Crippen MR) is 224 cm³/mol. The number of nitrogens with zero attached hydrogens (tertiary/aromatic N) is 1. The van der Waals surface area contributed by atoms with Crippen molar-refractivity contribution in [3.63, 3.8) is 0 Å². The summed E-state index contributed by atoms with van der Waals surface area (Å²) in [5.41, 5.74) is 0. The molecule has 0 rings (SSSR count). The van der Waals surface area contributed by atoms with Crippen LogP contribution in [0.2, 0.25) is 0 Å². The Morgan fingerprint density at radius 3 is 1.63 bits per heavy atom. The number of esters is 2. The smallest absolute Gasteiger partial charge is 0.462 e. The highest BCUT2D eigenvalue weighted by molar-refractivity contribution is 7.47. The fourth-order valence-electron chi connectivity index (χ4n) is 5.23. The van der Waals surface area contributed by atoms with E-state index >= 15 is 0 Å². The number of carbonyl (C=O) groups excluding carboxylic acids is 2. The Morgan fingerprint density at radius 2 is 1.06 bits per heavy atom. The zero-order valence-electron chi connectivity index (χ0n) is 34.9. The lowest BCUT2D eigenvalue weighted by Gasteiger charge is -2.24. The highest BCUT2D eigenvalue weighted by atomic mass is 31.2. The number of allylic oxidation sites excluding steroid dienone is 10. The van der Waals surface area contributed by atoms with Crippen LogP contribution in [0, 0.1) is 0 Å². The van der Waals surface area contributed by atoms with E-state index in [9.17, 15) is 19.0 Å². The molecule has 1 unspecified atom stereocenters. The normalized spacial score (nSPS) is 14.3. The first kappa shape index (κ1) is 51.7. The molecule has 0 aromatic carbocycles. The van der Waals surface area contributed by atoms with Gasteiger partial charge in [-0.15, -0.1) is 0 Å². The van der Waals surface area contributed by atoms with E-state index in [0.29, 0.717) is 23.9 Å². The van der Waals surface area contributed by atoms with Crippen molar-refractivity contribution >= 4 is 19.8 Å². The topological polar surface area (TPSA) is 108 Å². The molecule has 0 fully saturated rings. The van der Waals surface area contributed by atoms with Crippen molar-refractivity contribution in [2.75, 3.05) is 47.5 Å². The Balaban J connectivity index is 4.48. The summed E-state index contributed by atoms with van der Waals surface area (Å²) in [7, 11) is 1.44. The minimum Gasteiger partial charge on any atom is -0.462 e. The van der Waals surface area contributed by atoms with Crippen LogP contribution in [0.1, 0.15) is 155 Å². The van der Waals surface area contributed by atoms with Crippen molar-refractivity contribution in [3.8, 4) is 0 Å². The van der Waals surface area contributed by atoms with E-state index in [4.69, 9.17) is 18.5 Å². The van der Waals surface area contributed by atoms with E-state index in [0.717, 1.165) is 70.6 Å². The van der Waals surface area contributed by atoms with Crippen molar-refractivity contribution < 1.29 is 42.1 Å². The maximum absolute atomic E-state index is 12.7. The zero-order valence-corrected chi connectivity index (χ0v) is 35.8. The molecule has 0 radical (unpaired) electrons. The van der Waals surface area contributed by atoms with Gasteiger partial charge in [-0.25, -0.2) is 4.57 Å². The van der Waals surface area contributed by atoms with E-state index < -0.39 is 32.5 Å². The van der Waals surface area contributed by atoms with Gasteiger partial charge in [-0.2, -0.15) is 0 Å². The van der Waals surface area contributed by atoms with Crippen LogP contribution in [-0.2, 0) is 32.7 Å². The van der Waals surface area contributed by atoms with Gasteiger partial charge in [0.05, 0.1) is 27.7 Å². The van der Waals surface area contributed by atoms with Crippen LogP contribution in [0.15, 0.2) is 60.8 Å². The largest absolute Gasteiger partial charge is 0.472 e. The molecule has 0 aromatic heterocycles. The molecule has 0 spiro atoms. The number of likely N-dealkylation sites (N-methyl/N-ethyl adjacent to an activating group) is 1. The molecular formula is C44H79NO8P+. The number of carbonyl (C=O) groups is 2. The lowest BCUT2D eigenvalue weighted by molar-refractivity contribution is -0.870. The van der Waals surface area contributed by atoms with Gasteiger partial charge in [-0.05, 0) is 77.0 Å². The van der Waals surface area contributed by atoms with E-state index in [1.54, 1.807) is 0 Å². The van der Waals surface area contributed by atoms with E-state index in [-0.39, 0.29) is 26.1 Å². The zero-order chi connectivity index (χ0) is 40.0. The van der Waals surface area contributed by atoms with Crippen LogP contribution in [0.25, 0.3) is 0 Å². The summed E-state index contributed by atoms with van der Waals surface area (Å²) >= 11 is 0. The molecule has 1 N–H and O–H groups in total. The monoisotopic (exact) mass is 781 g/mol. The second kappa shape index (κ2) is 36.4. The Kier molecular flexibility index (Phi) is 34.8. The minimum absolute atomic E-state index is 0.0209. The van der Waals surface area contributed by atoms with Crippen LogP contribution in [-0.4, -0.2) is 74.9 Å². The Hall–Kier alpha value is -2.29. The third kappa shape index (κ3) is 39.4. The van der Waals surface area contributed by atoms with Crippen LogP contribution < -0.4 is 0 Å². The van der Waals surface area contributed by atoms with Crippen molar-refractivity contribution in [3.05, 3.63) is 60.8 Å². The van der Waals surface area contributed by atoms with Crippen molar-refractivity contribution in [2.45, 2.75) is 161 Å². The van der Waals surface area contributed by atoms with Gasteiger partial charge in [0.1, 0.15) is 19.8 Å². The average molecular weight is 781 g/mol.